The largest absolute Gasteiger partial charge is 0.468 e. The maximum Gasteiger partial charge on any atom is 0.319 e. The molecule has 4 heterocycles. The Labute approximate surface area is 153 Å². The van der Waals surface area contributed by atoms with Gasteiger partial charge in [-0.3, -0.25) is 24.3 Å². The molecule has 1 aromatic rings. The highest BCUT2D eigenvalue weighted by atomic mass is 79.9. The second-order valence-electron chi connectivity index (χ2n) is 6.07. The summed E-state index contributed by atoms with van der Waals surface area (Å²) in [5.74, 6) is -1.36. The zero-order chi connectivity index (χ0) is 18.0. The summed E-state index contributed by atoms with van der Waals surface area (Å²) in [7, 11) is 1.34. The van der Waals surface area contributed by atoms with E-state index in [-0.39, 0.29) is 12.5 Å². The second-order valence-corrected chi connectivity index (χ2v) is 6.99. The van der Waals surface area contributed by atoms with Crippen LogP contribution in [0.1, 0.15) is 11.4 Å². The average molecular weight is 411 g/mol. The molecule has 0 spiro atoms. The van der Waals surface area contributed by atoms with Crippen molar-refractivity contribution in [2.75, 3.05) is 39.8 Å². The van der Waals surface area contributed by atoms with E-state index in [2.05, 4.69) is 20.9 Å². The van der Waals surface area contributed by atoms with E-state index in [1.807, 2.05) is 17.0 Å². The second kappa shape index (κ2) is 7.49. The Hall–Kier alpha value is -2.00. The van der Waals surface area contributed by atoms with Crippen molar-refractivity contribution in [1.82, 2.24) is 19.7 Å². The first kappa shape index (κ1) is 17.8. The standard InChI is InChI=1S/C16H19BrN4O4/c1-25-14(22)10-19-2-3-20-4-5-21(16(24)15(20)23)9-13-7-11(17)6-12(8-19)18-13/h6-7H,2-5,8-10H2,1H3. The van der Waals surface area contributed by atoms with Crippen molar-refractivity contribution in [2.45, 2.75) is 13.1 Å². The summed E-state index contributed by atoms with van der Waals surface area (Å²) in [6.45, 7) is 2.65. The Morgan fingerprint density at radius 3 is 2.40 bits per heavy atom. The third-order valence-corrected chi connectivity index (χ3v) is 4.76. The summed E-state index contributed by atoms with van der Waals surface area (Å²) in [6, 6.07) is 3.73. The van der Waals surface area contributed by atoms with Crippen molar-refractivity contribution < 1.29 is 19.1 Å². The maximum atomic E-state index is 12.3. The van der Waals surface area contributed by atoms with Gasteiger partial charge >= 0.3 is 17.8 Å². The van der Waals surface area contributed by atoms with Gasteiger partial charge in [-0.25, -0.2) is 0 Å². The van der Waals surface area contributed by atoms with Crippen LogP contribution in [0.15, 0.2) is 16.6 Å². The molecule has 4 rings (SSSR count). The van der Waals surface area contributed by atoms with Gasteiger partial charge in [0.05, 0.1) is 31.6 Å². The molecule has 1 saturated heterocycles. The molecular formula is C16H19BrN4O4. The number of pyridine rings is 1. The number of halogens is 1. The Bertz CT molecular complexity index is 711. The molecule has 3 aliphatic heterocycles. The van der Waals surface area contributed by atoms with Crippen molar-refractivity contribution in [3.63, 3.8) is 0 Å². The van der Waals surface area contributed by atoms with Crippen LogP contribution in [0.3, 0.4) is 0 Å². The zero-order valence-corrected chi connectivity index (χ0v) is 15.5. The lowest BCUT2D eigenvalue weighted by molar-refractivity contribution is -0.156. The lowest BCUT2D eigenvalue weighted by Gasteiger charge is -2.35. The Morgan fingerprint density at radius 2 is 1.68 bits per heavy atom. The topological polar surface area (TPSA) is 83.1 Å². The van der Waals surface area contributed by atoms with Crippen molar-refractivity contribution in [3.05, 3.63) is 28.0 Å². The number of carbonyl (C=O) groups is 3. The van der Waals surface area contributed by atoms with Gasteiger partial charge in [-0.05, 0) is 12.1 Å². The lowest BCUT2D eigenvalue weighted by atomic mass is 10.2. The molecule has 25 heavy (non-hydrogen) atoms. The number of carbonyl (C=O) groups excluding carboxylic acids is 3. The summed E-state index contributed by atoms with van der Waals surface area (Å²) in [4.78, 5) is 45.8. The molecule has 0 unspecified atom stereocenters. The number of hydrogen-bond acceptors (Lipinski definition) is 6. The van der Waals surface area contributed by atoms with Gasteiger partial charge in [0.1, 0.15) is 0 Å². The first-order chi connectivity index (χ1) is 12.0. The fraction of sp³-hybridized carbons (Fsp3) is 0.500. The van der Waals surface area contributed by atoms with Crippen LogP contribution in [-0.4, -0.2) is 77.3 Å². The van der Waals surface area contributed by atoms with Crippen LogP contribution in [0, 0.1) is 0 Å². The van der Waals surface area contributed by atoms with Crippen LogP contribution < -0.4 is 0 Å². The molecule has 9 heteroatoms. The molecule has 1 aromatic heterocycles. The van der Waals surface area contributed by atoms with Crippen LogP contribution in [0.25, 0.3) is 0 Å². The zero-order valence-electron chi connectivity index (χ0n) is 13.9. The van der Waals surface area contributed by atoms with E-state index in [1.54, 1.807) is 4.90 Å². The molecular weight excluding hydrogens is 392 g/mol. The predicted molar refractivity (Wildman–Crippen MR) is 91.2 cm³/mol. The molecule has 3 aliphatic rings. The highest BCUT2D eigenvalue weighted by Gasteiger charge is 2.33. The number of hydrogen-bond donors (Lipinski definition) is 0. The minimum absolute atomic E-state index is 0.0993. The van der Waals surface area contributed by atoms with E-state index in [9.17, 15) is 14.4 Å². The third-order valence-electron chi connectivity index (χ3n) is 4.30. The molecule has 0 radical (unpaired) electrons. The number of fused-ring (bicyclic) bond motifs is 5. The fourth-order valence-corrected chi connectivity index (χ4v) is 3.53. The van der Waals surface area contributed by atoms with E-state index in [4.69, 9.17) is 4.74 Å². The minimum Gasteiger partial charge on any atom is -0.468 e. The quantitative estimate of drug-likeness (QED) is 0.504. The number of esters is 1. The number of aromatic nitrogens is 1. The summed E-state index contributed by atoms with van der Waals surface area (Å²) >= 11 is 3.46. The van der Waals surface area contributed by atoms with Gasteiger partial charge in [-0.15, -0.1) is 0 Å². The SMILES string of the molecule is COC(=O)CN1CCN2CCN(Cc3cc(Br)cc(n3)C1)C(=O)C2=O. The van der Waals surface area contributed by atoms with Crippen molar-refractivity contribution >= 4 is 33.7 Å². The van der Waals surface area contributed by atoms with E-state index < -0.39 is 11.8 Å². The smallest absolute Gasteiger partial charge is 0.319 e. The maximum absolute atomic E-state index is 12.3. The van der Waals surface area contributed by atoms with E-state index >= 15 is 0 Å². The third kappa shape index (κ3) is 4.16. The molecule has 8 nitrogen and oxygen atoms in total. The minimum atomic E-state index is -0.505. The van der Waals surface area contributed by atoms with Gasteiger partial charge in [0.25, 0.3) is 0 Å². The number of rotatable bonds is 2. The molecule has 1 fully saturated rings. The number of nitrogens with zero attached hydrogens (tertiary/aromatic N) is 4. The summed E-state index contributed by atoms with van der Waals surface area (Å²) in [5, 5.41) is 0. The number of ether oxygens (including phenoxy) is 1. The van der Waals surface area contributed by atoms with Crippen molar-refractivity contribution in [3.8, 4) is 0 Å². The van der Waals surface area contributed by atoms with Gasteiger partial charge in [0, 0.05) is 37.2 Å². The van der Waals surface area contributed by atoms with Gasteiger partial charge in [-0.1, -0.05) is 15.9 Å². The molecule has 2 amide bonds. The first-order valence-corrected chi connectivity index (χ1v) is 8.78. The van der Waals surface area contributed by atoms with Gasteiger partial charge in [-0.2, -0.15) is 0 Å². The van der Waals surface area contributed by atoms with Gasteiger partial charge in [0.2, 0.25) is 0 Å². The van der Waals surface area contributed by atoms with E-state index in [0.717, 1.165) is 10.2 Å². The van der Waals surface area contributed by atoms with Crippen molar-refractivity contribution in [1.29, 1.82) is 0 Å². The van der Waals surface area contributed by atoms with Crippen LogP contribution in [0.4, 0.5) is 0 Å². The summed E-state index contributed by atoms with van der Waals surface area (Å²) in [5.41, 5.74) is 1.50. The Kier molecular flexibility index (Phi) is 5.33. The summed E-state index contributed by atoms with van der Waals surface area (Å²) < 4.78 is 5.60. The predicted octanol–water partition coefficient (Wildman–Crippen LogP) is 0.00350. The van der Waals surface area contributed by atoms with Crippen LogP contribution in [-0.2, 0) is 32.2 Å². The average Bonchev–Trinajstić information content (AvgIpc) is 2.56. The highest BCUT2D eigenvalue weighted by Crippen LogP contribution is 2.18. The summed E-state index contributed by atoms with van der Waals surface area (Å²) in [6.07, 6.45) is 0. The Morgan fingerprint density at radius 1 is 1.08 bits per heavy atom. The van der Waals surface area contributed by atoms with E-state index in [0.29, 0.717) is 45.0 Å². The molecule has 0 atom stereocenters. The number of methoxy groups -OCH3 is 1. The number of amides is 2. The molecule has 0 aromatic carbocycles. The Balaban J connectivity index is 1.93. The normalized spacial score (nSPS) is 18.8. The van der Waals surface area contributed by atoms with E-state index in [1.165, 1.54) is 12.0 Å². The van der Waals surface area contributed by atoms with Crippen LogP contribution in [0.5, 0.6) is 0 Å². The van der Waals surface area contributed by atoms with Crippen LogP contribution >= 0.6 is 15.9 Å². The molecule has 0 N–H and O–H groups in total. The highest BCUT2D eigenvalue weighted by molar-refractivity contribution is 9.10. The monoisotopic (exact) mass is 410 g/mol. The lowest BCUT2D eigenvalue weighted by Crippen LogP contribution is -2.55. The molecule has 4 bridgehead atoms. The van der Waals surface area contributed by atoms with Gasteiger partial charge in [0.15, 0.2) is 0 Å². The molecule has 0 aliphatic carbocycles. The molecule has 0 saturated carbocycles. The van der Waals surface area contributed by atoms with Gasteiger partial charge < -0.3 is 14.5 Å². The fourth-order valence-electron chi connectivity index (χ4n) is 3.00. The molecule has 134 valence electrons. The van der Waals surface area contributed by atoms with Crippen molar-refractivity contribution in [2.24, 2.45) is 0 Å². The first-order valence-electron chi connectivity index (χ1n) is 7.99. The van der Waals surface area contributed by atoms with Crippen LogP contribution in [0.2, 0.25) is 0 Å². The number of piperazine rings is 1.